The van der Waals surface area contributed by atoms with Crippen molar-refractivity contribution in [2.45, 2.75) is 0 Å². The third-order valence-corrected chi connectivity index (χ3v) is 4.92. The second-order valence-corrected chi connectivity index (χ2v) is 7.23. The van der Waals surface area contributed by atoms with E-state index in [0.717, 1.165) is 44.9 Å². The first kappa shape index (κ1) is 19.6. The van der Waals surface area contributed by atoms with Gasteiger partial charge in [0.05, 0.1) is 11.2 Å². The molecule has 1 N–H and O–H groups in total. The van der Waals surface area contributed by atoms with Gasteiger partial charge in [-0.05, 0) is 58.7 Å². The third-order valence-electron chi connectivity index (χ3n) is 4.69. The number of nitrogens with zero attached hydrogens (tertiary/aromatic N) is 1. The molecule has 0 fully saturated rings. The Balaban J connectivity index is 1.64. The van der Waals surface area contributed by atoms with Crippen LogP contribution in [0.3, 0.4) is 0 Å². The largest absolute Gasteiger partial charge is 0.478 e. The van der Waals surface area contributed by atoms with Crippen molar-refractivity contribution >= 4 is 46.7 Å². The molecule has 3 aromatic carbocycles. The van der Waals surface area contributed by atoms with Crippen LogP contribution in [0.4, 0.5) is 0 Å². The Hall–Kier alpha value is -3.69. The van der Waals surface area contributed by atoms with E-state index in [-0.39, 0.29) is 0 Å². The summed E-state index contributed by atoms with van der Waals surface area (Å²) in [6, 6.07) is 25.5. The minimum atomic E-state index is -0.967. The summed E-state index contributed by atoms with van der Waals surface area (Å²) in [5, 5.41) is 10.6. The summed E-state index contributed by atoms with van der Waals surface area (Å²) in [5.74, 6) is -0.967. The summed E-state index contributed by atoms with van der Waals surface area (Å²) in [6.07, 6.45) is 6.75. The van der Waals surface area contributed by atoms with Gasteiger partial charge in [0.15, 0.2) is 0 Å². The Labute approximate surface area is 179 Å². The highest BCUT2D eigenvalue weighted by Crippen LogP contribution is 2.26. The lowest BCUT2D eigenvalue weighted by atomic mass is 9.97. The van der Waals surface area contributed by atoms with Gasteiger partial charge in [-0.15, -0.1) is 0 Å². The van der Waals surface area contributed by atoms with Gasteiger partial charge in [-0.2, -0.15) is 0 Å². The lowest BCUT2D eigenvalue weighted by Gasteiger charge is -2.07. The summed E-state index contributed by atoms with van der Waals surface area (Å²) >= 11 is 6.08. The zero-order valence-corrected chi connectivity index (χ0v) is 16.8. The minimum absolute atomic E-state index is 0.666. The van der Waals surface area contributed by atoms with Gasteiger partial charge >= 0.3 is 5.97 Å². The van der Waals surface area contributed by atoms with E-state index in [1.807, 2.05) is 84.9 Å². The quantitative estimate of drug-likeness (QED) is 0.366. The summed E-state index contributed by atoms with van der Waals surface area (Å²) in [4.78, 5) is 15.5. The van der Waals surface area contributed by atoms with Crippen LogP contribution < -0.4 is 0 Å². The van der Waals surface area contributed by atoms with Gasteiger partial charge in [0.25, 0.3) is 0 Å². The summed E-state index contributed by atoms with van der Waals surface area (Å²) < 4.78 is 0. The van der Waals surface area contributed by atoms with Gasteiger partial charge in [0.2, 0.25) is 0 Å². The van der Waals surface area contributed by atoms with E-state index in [4.69, 9.17) is 16.7 Å². The van der Waals surface area contributed by atoms with Crippen molar-refractivity contribution < 1.29 is 9.90 Å². The number of pyridine rings is 1. The predicted octanol–water partition coefficient (Wildman–Crippen LogP) is 6.82. The Bertz CT molecular complexity index is 1290. The first-order valence-corrected chi connectivity index (χ1v) is 9.81. The smallest absolute Gasteiger partial charge is 0.328 e. The monoisotopic (exact) mass is 411 g/mol. The van der Waals surface area contributed by atoms with Gasteiger partial charge in [-0.25, -0.2) is 9.78 Å². The number of fused-ring (bicyclic) bond motifs is 1. The Kier molecular flexibility index (Phi) is 5.73. The fourth-order valence-corrected chi connectivity index (χ4v) is 3.42. The Morgan fingerprint density at radius 3 is 2.57 bits per heavy atom. The van der Waals surface area contributed by atoms with Crippen LogP contribution in [0.25, 0.3) is 40.3 Å². The molecule has 146 valence electrons. The van der Waals surface area contributed by atoms with Gasteiger partial charge in [-0.3, -0.25) is 0 Å². The minimum Gasteiger partial charge on any atom is -0.478 e. The van der Waals surface area contributed by atoms with E-state index in [0.29, 0.717) is 5.02 Å². The van der Waals surface area contributed by atoms with E-state index in [2.05, 4.69) is 11.1 Å². The number of rotatable bonds is 5. The van der Waals surface area contributed by atoms with Gasteiger partial charge < -0.3 is 5.11 Å². The number of hydrogen-bond donors (Lipinski definition) is 1. The van der Waals surface area contributed by atoms with Crippen molar-refractivity contribution in [2.24, 2.45) is 0 Å². The van der Waals surface area contributed by atoms with Crippen molar-refractivity contribution in [3.05, 3.63) is 107 Å². The average molecular weight is 412 g/mol. The highest BCUT2D eigenvalue weighted by Gasteiger charge is 2.04. The van der Waals surface area contributed by atoms with E-state index in [9.17, 15) is 4.79 Å². The summed E-state index contributed by atoms with van der Waals surface area (Å²) in [5.41, 5.74) is 5.58. The fourth-order valence-electron chi connectivity index (χ4n) is 3.26. The van der Waals surface area contributed by atoms with Crippen molar-refractivity contribution in [1.29, 1.82) is 0 Å². The van der Waals surface area contributed by atoms with Crippen LogP contribution in [0, 0.1) is 0 Å². The normalized spacial score (nSPS) is 11.5. The Morgan fingerprint density at radius 2 is 1.70 bits per heavy atom. The molecular formula is C26H18ClNO2. The van der Waals surface area contributed by atoms with Gasteiger partial charge in [0.1, 0.15) is 0 Å². The first-order chi connectivity index (χ1) is 14.6. The third kappa shape index (κ3) is 4.65. The van der Waals surface area contributed by atoms with Crippen LogP contribution >= 0.6 is 11.6 Å². The maximum atomic E-state index is 10.9. The first-order valence-electron chi connectivity index (χ1n) is 9.43. The molecule has 0 aliphatic rings. The molecule has 0 saturated heterocycles. The molecule has 3 nitrogen and oxygen atoms in total. The van der Waals surface area contributed by atoms with Crippen molar-refractivity contribution in [3.8, 4) is 11.1 Å². The number of halogens is 1. The van der Waals surface area contributed by atoms with E-state index in [1.54, 1.807) is 6.08 Å². The highest BCUT2D eigenvalue weighted by molar-refractivity contribution is 6.31. The molecule has 0 unspecified atom stereocenters. The number of carboxylic acids is 1. The lowest BCUT2D eigenvalue weighted by molar-refractivity contribution is -0.131. The molecule has 0 amide bonds. The predicted molar refractivity (Wildman–Crippen MR) is 124 cm³/mol. The van der Waals surface area contributed by atoms with Crippen LogP contribution in [-0.4, -0.2) is 16.1 Å². The van der Waals surface area contributed by atoms with Crippen LogP contribution in [-0.2, 0) is 4.79 Å². The van der Waals surface area contributed by atoms with E-state index < -0.39 is 5.97 Å². The molecule has 1 aromatic heterocycles. The van der Waals surface area contributed by atoms with Crippen LogP contribution in [0.1, 0.15) is 16.8 Å². The molecule has 0 spiro atoms. The maximum Gasteiger partial charge on any atom is 0.328 e. The van der Waals surface area contributed by atoms with Crippen molar-refractivity contribution in [2.75, 3.05) is 0 Å². The molecule has 0 bridgehead atoms. The van der Waals surface area contributed by atoms with E-state index >= 15 is 0 Å². The maximum absolute atomic E-state index is 10.9. The van der Waals surface area contributed by atoms with Crippen molar-refractivity contribution in [3.63, 3.8) is 0 Å². The number of carbonyl (C=O) groups is 1. The second kappa shape index (κ2) is 8.76. The summed E-state index contributed by atoms with van der Waals surface area (Å²) in [6.45, 7) is 0. The lowest BCUT2D eigenvalue weighted by Crippen LogP contribution is -1.88. The van der Waals surface area contributed by atoms with Gasteiger partial charge in [0, 0.05) is 16.5 Å². The molecule has 4 heteroatoms. The molecule has 4 aromatic rings. The molecule has 0 saturated carbocycles. The number of hydrogen-bond acceptors (Lipinski definition) is 2. The van der Waals surface area contributed by atoms with Gasteiger partial charge in [-0.1, -0.05) is 72.3 Å². The fraction of sp³-hybridized carbons (Fsp3) is 0. The molecule has 30 heavy (non-hydrogen) atoms. The zero-order chi connectivity index (χ0) is 20.9. The molecule has 0 aliphatic heterocycles. The summed E-state index contributed by atoms with van der Waals surface area (Å²) in [7, 11) is 0. The standard InChI is InChI=1S/C26H18ClNO2/c27-22-12-9-20-10-14-23(28-25(20)17-22)13-8-18-4-3-6-21(16-18)24-7-2-1-5-19(24)11-15-26(29)30/h1-17H,(H,29,30)/b13-8+,15-11+. The molecule has 1 heterocycles. The topological polar surface area (TPSA) is 50.2 Å². The second-order valence-electron chi connectivity index (χ2n) is 6.79. The SMILES string of the molecule is O=C(O)/C=C/c1ccccc1-c1cccc(/C=C/c2ccc3ccc(Cl)cc3n2)c1. The highest BCUT2D eigenvalue weighted by atomic mass is 35.5. The molecule has 0 aliphatic carbocycles. The van der Waals surface area contributed by atoms with Crippen molar-refractivity contribution in [1.82, 2.24) is 4.98 Å². The Morgan fingerprint density at radius 1 is 0.867 bits per heavy atom. The van der Waals surface area contributed by atoms with Crippen LogP contribution in [0.15, 0.2) is 84.9 Å². The number of carboxylic acid groups (broad SMARTS) is 1. The van der Waals surface area contributed by atoms with Crippen LogP contribution in [0.5, 0.6) is 0 Å². The molecule has 0 atom stereocenters. The average Bonchev–Trinajstić information content (AvgIpc) is 2.76. The number of benzene rings is 3. The number of aromatic nitrogens is 1. The molecule has 4 rings (SSSR count). The zero-order valence-electron chi connectivity index (χ0n) is 16.0. The molecular weight excluding hydrogens is 394 g/mol. The number of aliphatic carboxylic acids is 1. The van der Waals surface area contributed by atoms with Crippen LogP contribution in [0.2, 0.25) is 5.02 Å². The van der Waals surface area contributed by atoms with E-state index in [1.165, 1.54) is 0 Å². The molecule has 0 radical (unpaired) electrons.